The quantitative estimate of drug-likeness (QED) is 0.599. The van der Waals surface area contributed by atoms with Crippen LogP contribution in [0.1, 0.15) is 5.56 Å². The molecule has 2 aromatic rings. The van der Waals surface area contributed by atoms with Crippen LogP contribution in [0.25, 0.3) is 0 Å². The predicted octanol–water partition coefficient (Wildman–Crippen LogP) is 4.93. The summed E-state index contributed by atoms with van der Waals surface area (Å²) >= 11 is 15.3. The molecule has 1 N–H and O–H groups in total. The number of halogens is 3. The number of benzene rings is 2. The van der Waals surface area contributed by atoms with Crippen LogP contribution in [0.3, 0.4) is 0 Å². The molecule has 0 bridgehead atoms. The van der Waals surface area contributed by atoms with Gasteiger partial charge in [0.1, 0.15) is 0 Å². The van der Waals surface area contributed by atoms with Crippen LogP contribution in [-0.2, 0) is 0 Å². The van der Waals surface area contributed by atoms with Gasteiger partial charge >= 0.3 is 0 Å². The third-order valence-corrected chi connectivity index (χ3v) is 4.23. The Labute approximate surface area is 139 Å². The largest absolute Gasteiger partial charge is 0.454 e. The average Bonchev–Trinajstić information content (AvgIpc) is 2.90. The molecule has 21 heavy (non-hydrogen) atoms. The maximum atomic E-state index is 5.94. The number of rotatable bonds is 3. The number of anilines is 1. The van der Waals surface area contributed by atoms with Gasteiger partial charge in [-0.25, -0.2) is 0 Å². The van der Waals surface area contributed by atoms with Gasteiger partial charge in [0.15, 0.2) is 11.5 Å². The molecule has 1 aliphatic rings. The Kier molecular flexibility index (Phi) is 4.24. The Morgan fingerprint density at radius 2 is 1.86 bits per heavy atom. The number of hydrogen-bond acceptors (Lipinski definition) is 4. The number of nitrogens with zero attached hydrogens (tertiary/aromatic N) is 1. The van der Waals surface area contributed by atoms with E-state index in [0.29, 0.717) is 15.8 Å². The van der Waals surface area contributed by atoms with Crippen LogP contribution in [-0.4, -0.2) is 13.0 Å². The van der Waals surface area contributed by atoms with Crippen molar-refractivity contribution < 1.29 is 9.47 Å². The first-order chi connectivity index (χ1) is 10.1. The Hall–Kier alpha value is -1.43. The second kappa shape index (κ2) is 6.13. The van der Waals surface area contributed by atoms with E-state index >= 15 is 0 Å². The summed E-state index contributed by atoms with van der Waals surface area (Å²) in [6.45, 7) is 0.240. The summed E-state index contributed by atoms with van der Waals surface area (Å²) in [5.41, 5.74) is 4.50. The van der Waals surface area contributed by atoms with Gasteiger partial charge in [-0.3, -0.25) is 5.43 Å². The summed E-state index contributed by atoms with van der Waals surface area (Å²) in [7, 11) is 0. The molecule has 1 aliphatic heterocycles. The standard InChI is InChI=1S/C14H9BrCl2N2O2/c15-10-5-14-13(20-7-21-14)3-8(10)6-18-19-9-1-2-11(16)12(17)4-9/h1-6,19H,7H2/b18-6+. The third kappa shape index (κ3) is 3.26. The molecular formula is C14H9BrCl2N2O2. The Balaban J connectivity index is 1.75. The Bertz CT molecular complexity index is 722. The summed E-state index contributed by atoms with van der Waals surface area (Å²) in [5, 5.41) is 5.14. The summed E-state index contributed by atoms with van der Waals surface area (Å²) in [6, 6.07) is 8.91. The minimum absolute atomic E-state index is 0.240. The van der Waals surface area contributed by atoms with Gasteiger partial charge in [-0.1, -0.05) is 23.2 Å². The van der Waals surface area contributed by atoms with E-state index in [1.54, 1.807) is 24.4 Å². The lowest BCUT2D eigenvalue weighted by Crippen LogP contribution is -1.93. The van der Waals surface area contributed by atoms with E-state index < -0.39 is 0 Å². The van der Waals surface area contributed by atoms with E-state index in [9.17, 15) is 0 Å². The molecule has 0 radical (unpaired) electrons. The molecule has 0 fully saturated rings. The number of ether oxygens (including phenoxy) is 2. The molecule has 2 aromatic carbocycles. The van der Waals surface area contributed by atoms with Crippen molar-refractivity contribution in [3.05, 3.63) is 50.4 Å². The lowest BCUT2D eigenvalue weighted by atomic mass is 10.2. The molecule has 0 aliphatic carbocycles. The Morgan fingerprint density at radius 1 is 1.10 bits per heavy atom. The molecule has 3 rings (SSSR count). The summed E-state index contributed by atoms with van der Waals surface area (Å²) < 4.78 is 11.5. The molecule has 0 unspecified atom stereocenters. The van der Waals surface area contributed by atoms with Gasteiger partial charge in [-0.15, -0.1) is 0 Å². The van der Waals surface area contributed by atoms with Gasteiger partial charge < -0.3 is 9.47 Å². The highest BCUT2D eigenvalue weighted by atomic mass is 79.9. The smallest absolute Gasteiger partial charge is 0.231 e. The van der Waals surface area contributed by atoms with Crippen molar-refractivity contribution in [2.75, 3.05) is 12.2 Å². The molecule has 108 valence electrons. The maximum Gasteiger partial charge on any atom is 0.231 e. The van der Waals surface area contributed by atoms with Crippen molar-refractivity contribution in [3.63, 3.8) is 0 Å². The van der Waals surface area contributed by atoms with E-state index in [0.717, 1.165) is 21.5 Å². The maximum absolute atomic E-state index is 5.94. The van der Waals surface area contributed by atoms with Crippen LogP contribution < -0.4 is 14.9 Å². The van der Waals surface area contributed by atoms with Crippen molar-refractivity contribution in [1.82, 2.24) is 0 Å². The van der Waals surface area contributed by atoms with Crippen LogP contribution in [0.5, 0.6) is 11.5 Å². The molecule has 7 heteroatoms. The van der Waals surface area contributed by atoms with Gasteiger partial charge in [0.25, 0.3) is 0 Å². The minimum atomic E-state index is 0.240. The van der Waals surface area contributed by atoms with Crippen molar-refractivity contribution in [2.24, 2.45) is 5.10 Å². The fourth-order valence-electron chi connectivity index (χ4n) is 1.77. The van der Waals surface area contributed by atoms with E-state index in [4.69, 9.17) is 32.7 Å². The van der Waals surface area contributed by atoms with Gasteiger partial charge in [-0.05, 0) is 46.3 Å². The second-order valence-corrected chi connectivity index (χ2v) is 5.89. The topological polar surface area (TPSA) is 42.9 Å². The van der Waals surface area contributed by atoms with Crippen LogP contribution in [0.15, 0.2) is 39.9 Å². The lowest BCUT2D eigenvalue weighted by molar-refractivity contribution is 0.174. The Morgan fingerprint density at radius 3 is 2.62 bits per heavy atom. The summed E-state index contributed by atoms with van der Waals surface area (Å²) in [4.78, 5) is 0. The highest BCUT2D eigenvalue weighted by Crippen LogP contribution is 2.36. The van der Waals surface area contributed by atoms with Crippen LogP contribution in [0.4, 0.5) is 5.69 Å². The fourth-order valence-corrected chi connectivity index (χ4v) is 2.50. The van der Waals surface area contributed by atoms with Crippen molar-refractivity contribution in [3.8, 4) is 11.5 Å². The first kappa shape index (κ1) is 14.5. The zero-order valence-electron chi connectivity index (χ0n) is 10.6. The normalized spacial score (nSPS) is 12.9. The van der Waals surface area contributed by atoms with Crippen molar-refractivity contribution in [1.29, 1.82) is 0 Å². The first-order valence-electron chi connectivity index (χ1n) is 5.97. The number of nitrogens with one attached hydrogen (secondary N) is 1. The lowest BCUT2D eigenvalue weighted by Gasteiger charge is -2.03. The highest BCUT2D eigenvalue weighted by molar-refractivity contribution is 9.10. The monoisotopic (exact) mass is 386 g/mol. The zero-order chi connectivity index (χ0) is 14.8. The SMILES string of the molecule is Clc1ccc(N/N=C/c2cc3c(cc2Br)OCO3)cc1Cl. The third-order valence-electron chi connectivity index (χ3n) is 2.81. The molecule has 0 spiro atoms. The highest BCUT2D eigenvalue weighted by Gasteiger charge is 2.15. The van der Waals surface area contributed by atoms with Gasteiger partial charge in [0.05, 0.1) is 21.9 Å². The molecule has 0 saturated heterocycles. The predicted molar refractivity (Wildman–Crippen MR) is 87.9 cm³/mol. The molecule has 1 heterocycles. The van der Waals surface area contributed by atoms with Gasteiger partial charge in [-0.2, -0.15) is 5.10 Å². The number of hydrogen-bond donors (Lipinski definition) is 1. The van der Waals surface area contributed by atoms with Crippen LogP contribution >= 0.6 is 39.1 Å². The molecule has 0 atom stereocenters. The van der Waals surface area contributed by atoms with Crippen molar-refractivity contribution in [2.45, 2.75) is 0 Å². The fraction of sp³-hybridized carbons (Fsp3) is 0.0714. The van der Waals surface area contributed by atoms with Gasteiger partial charge in [0.2, 0.25) is 6.79 Å². The van der Waals surface area contributed by atoms with Crippen molar-refractivity contribution >= 4 is 51.0 Å². The van der Waals surface area contributed by atoms with Gasteiger partial charge in [0, 0.05) is 10.0 Å². The molecule has 0 saturated carbocycles. The average molecular weight is 388 g/mol. The minimum Gasteiger partial charge on any atom is -0.454 e. The van der Waals surface area contributed by atoms with E-state index in [1.165, 1.54) is 0 Å². The number of fused-ring (bicyclic) bond motifs is 1. The molecule has 4 nitrogen and oxygen atoms in total. The summed E-state index contributed by atoms with van der Waals surface area (Å²) in [5.74, 6) is 1.42. The van der Waals surface area contributed by atoms with E-state index in [2.05, 4.69) is 26.5 Å². The molecule has 0 aromatic heterocycles. The number of hydrazone groups is 1. The van der Waals surface area contributed by atoms with E-state index in [1.807, 2.05) is 12.1 Å². The van der Waals surface area contributed by atoms with Crippen LogP contribution in [0, 0.1) is 0 Å². The summed E-state index contributed by atoms with van der Waals surface area (Å²) in [6.07, 6.45) is 1.68. The molecular weight excluding hydrogens is 379 g/mol. The zero-order valence-corrected chi connectivity index (χ0v) is 13.7. The second-order valence-electron chi connectivity index (χ2n) is 4.23. The van der Waals surface area contributed by atoms with E-state index in [-0.39, 0.29) is 6.79 Å². The molecule has 0 amide bonds. The first-order valence-corrected chi connectivity index (χ1v) is 7.51. The van der Waals surface area contributed by atoms with Crippen LogP contribution in [0.2, 0.25) is 10.0 Å².